The lowest BCUT2D eigenvalue weighted by atomic mass is 10.1. The van der Waals surface area contributed by atoms with E-state index in [-0.39, 0.29) is 5.57 Å². The summed E-state index contributed by atoms with van der Waals surface area (Å²) >= 11 is 6.29. The summed E-state index contributed by atoms with van der Waals surface area (Å²) in [5.41, 5.74) is 3.44. The number of barbiturate groups is 1. The Bertz CT molecular complexity index is 1280. The van der Waals surface area contributed by atoms with Gasteiger partial charge in [0.05, 0.1) is 17.8 Å². The summed E-state index contributed by atoms with van der Waals surface area (Å²) in [5.74, 6) is -0.845. The van der Waals surface area contributed by atoms with Crippen molar-refractivity contribution in [3.8, 4) is 11.4 Å². The first-order valence-electron chi connectivity index (χ1n) is 9.81. The number of imide groups is 2. The molecular formula is C24H20ClN3O4. The fraction of sp³-hybridized carbons (Fsp3) is 0.125. The molecule has 1 aliphatic rings. The first-order valence-corrected chi connectivity index (χ1v) is 10.2. The number of amides is 4. The van der Waals surface area contributed by atoms with Gasteiger partial charge < -0.3 is 9.30 Å². The van der Waals surface area contributed by atoms with E-state index in [1.807, 2.05) is 30.5 Å². The fourth-order valence-electron chi connectivity index (χ4n) is 3.75. The van der Waals surface area contributed by atoms with Crippen LogP contribution in [0.4, 0.5) is 10.5 Å². The summed E-state index contributed by atoms with van der Waals surface area (Å²) in [5, 5.41) is 2.71. The molecule has 4 amide bonds. The van der Waals surface area contributed by atoms with Crippen LogP contribution >= 0.6 is 11.6 Å². The normalized spacial score (nSPS) is 15.3. The minimum Gasteiger partial charge on any atom is -0.495 e. The summed E-state index contributed by atoms with van der Waals surface area (Å²) in [6.07, 6.45) is 1.50. The molecule has 1 aromatic heterocycles. The first kappa shape index (κ1) is 21.4. The number of urea groups is 1. The highest BCUT2D eigenvalue weighted by atomic mass is 35.5. The highest BCUT2D eigenvalue weighted by Crippen LogP contribution is 2.30. The van der Waals surface area contributed by atoms with Gasteiger partial charge in [0, 0.05) is 17.1 Å². The van der Waals surface area contributed by atoms with E-state index in [4.69, 9.17) is 16.3 Å². The molecule has 4 rings (SSSR count). The molecule has 2 heterocycles. The largest absolute Gasteiger partial charge is 0.495 e. The predicted molar refractivity (Wildman–Crippen MR) is 122 cm³/mol. The standard InChI is InChI=1S/C24H20ClN3O4/c1-14-11-16(15(2)27(14)18-9-10-21(32-3)20(25)13-18)12-19-22(29)26-24(31)28(23(19)30)17-7-5-4-6-8-17/h4-13H,1-3H3,(H,26,29,31)/b19-12+. The zero-order valence-electron chi connectivity index (χ0n) is 17.7. The number of carbonyl (C=O) groups is 3. The van der Waals surface area contributed by atoms with Gasteiger partial charge in [0.15, 0.2) is 0 Å². The average molecular weight is 450 g/mol. The van der Waals surface area contributed by atoms with Gasteiger partial charge in [-0.1, -0.05) is 29.8 Å². The zero-order chi connectivity index (χ0) is 23.0. The molecule has 1 saturated heterocycles. The summed E-state index contributed by atoms with van der Waals surface area (Å²) in [6, 6.07) is 15.0. The van der Waals surface area contributed by atoms with Crippen LogP contribution in [0.3, 0.4) is 0 Å². The van der Waals surface area contributed by atoms with Crippen LogP contribution in [0, 0.1) is 13.8 Å². The van der Waals surface area contributed by atoms with Crippen molar-refractivity contribution >= 4 is 41.2 Å². The van der Waals surface area contributed by atoms with Crippen molar-refractivity contribution in [3.05, 3.63) is 82.1 Å². The van der Waals surface area contributed by atoms with Crippen LogP contribution in [-0.2, 0) is 9.59 Å². The molecule has 8 heteroatoms. The first-order chi connectivity index (χ1) is 15.3. The Labute approximate surface area is 189 Å². The van der Waals surface area contributed by atoms with Gasteiger partial charge in [0.1, 0.15) is 11.3 Å². The van der Waals surface area contributed by atoms with Crippen LogP contribution in [0.2, 0.25) is 5.02 Å². The molecular weight excluding hydrogens is 430 g/mol. The van der Waals surface area contributed by atoms with Crippen molar-refractivity contribution < 1.29 is 19.1 Å². The maximum absolute atomic E-state index is 13.1. The molecule has 1 fully saturated rings. The number of para-hydroxylation sites is 1. The average Bonchev–Trinajstić information content (AvgIpc) is 3.04. The monoisotopic (exact) mass is 449 g/mol. The van der Waals surface area contributed by atoms with E-state index in [0.29, 0.717) is 22.0 Å². The number of benzene rings is 2. The molecule has 0 saturated carbocycles. The number of anilines is 1. The highest BCUT2D eigenvalue weighted by molar-refractivity contribution is 6.39. The molecule has 0 bridgehead atoms. The number of methoxy groups -OCH3 is 1. The molecule has 0 spiro atoms. The van der Waals surface area contributed by atoms with E-state index in [9.17, 15) is 14.4 Å². The molecule has 2 aromatic carbocycles. The Morgan fingerprint density at radius 3 is 2.34 bits per heavy atom. The number of aromatic nitrogens is 1. The summed E-state index contributed by atoms with van der Waals surface area (Å²) in [6.45, 7) is 3.79. The summed E-state index contributed by atoms with van der Waals surface area (Å²) in [7, 11) is 1.55. The summed E-state index contributed by atoms with van der Waals surface area (Å²) < 4.78 is 7.18. The zero-order valence-corrected chi connectivity index (χ0v) is 18.4. The lowest BCUT2D eigenvalue weighted by molar-refractivity contribution is -0.122. The Morgan fingerprint density at radius 2 is 1.69 bits per heavy atom. The molecule has 1 N–H and O–H groups in total. The van der Waals surface area contributed by atoms with Gasteiger partial charge in [0.25, 0.3) is 11.8 Å². The summed E-state index contributed by atoms with van der Waals surface area (Å²) in [4.78, 5) is 38.9. The van der Waals surface area contributed by atoms with Crippen LogP contribution in [0.1, 0.15) is 17.0 Å². The van der Waals surface area contributed by atoms with Gasteiger partial charge in [-0.3, -0.25) is 14.9 Å². The van der Waals surface area contributed by atoms with Crippen molar-refractivity contribution in [3.63, 3.8) is 0 Å². The van der Waals surface area contributed by atoms with Gasteiger partial charge in [-0.25, -0.2) is 9.69 Å². The van der Waals surface area contributed by atoms with Crippen LogP contribution in [0.15, 0.2) is 60.2 Å². The number of halogens is 1. The molecule has 1 aliphatic heterocycles. The lowest BCUT2D eigenvalue weighted by Crippen LogP contribution is -2.54. The Kier molecular flexibility index (Phi) is 5.59. The van der Waals surface area contributed by atoms with E-state index in [2.05, 4.69) is 5.32 Å². The predicted octanol–water partition coefficient (Wildman–Crippen LogP) is 4.42. The molecule has 162 valence electrons. The Balaban J connectivity index is 1.76. The number of carbonyl (C=O) groups excluding carboxylic acids is 3. The third-order valence-corrected chi connectivity index (χ3v) is 5.58. The van der Waals surface area contributed by atoms with E-state index >= 15 is 0 Å². The molecule has 32 heavy (non-hydrogen) atoms. The minimum atomic E-state index is -0.776. The second-order valence-electron chi connectivity index (χ2n) is 7.27. The van der Waals surface area contributed by atoms with Crippen LogP contribution < -0.4 is 15.0 Å². The van der Waals surface area contributed by atoms with Gasteiger partial charge in [-0.05, 0) is 61.9 Å². The van der Waals surface area contributed by atoms with Crippen molar-refractivity contribution in [1.29, 1.82) is 0 Å². The number of hydrogen-bond donors (Lipinski definition) is 1. The van der Waals surface area contributed by atoms with Crippen LogP contribution in [-0.4, -0.2) is 29.5 Å². The smallest absolute Gasteiger partial charge is 0.335 e. The number of aryl methyl sites for hydroxylation is 1. The molecule has 0 aliphatic carbocycles. The van der Waals surface area contributed by atoms with Gasteiger partial charge >= 0.3 is 6.03 Å². The number of ether oxygens (including phenoxy) is 1. The third kappa shape index (κ3) is 3.67. The molecule has 0 radical (unpaired) electrons. The molecule has 3 aromatic rings. The van der Waals surface area contributed by atoms with Crippen molar-refractivity contribution in [2.45, 2.75) is 13.8 Å². The maximum atomic E-state index is 13.1. The molecule has 0 atom stereocenters. The van der Waals surface area contributed by atoms with Crippen LogP contribution in [0.25, 0.3) is 11.8 Å². The molecule has 0 unspecified atom stereocenters. The second kappa shape index (κ2) is 8.36. The minimum absolute atomic E-state index is 0.124. The topological polar surface area (TPSA) is 80.6 Å². The van der Waals surface area contributed by atoms with E-state index in [1.165, 1.54) is 6.08 Å². The fourth-order valence-corrected chi connectivity index (χ4v) is 4.00. The van der Waals surface area contributed by atoms with Crippen molar-refractivity contribution in [1.82, 2.24) is 9.88 Å². The number of nitrogens with zero attached hydrogens (tertiary/aromatic N) is 2. The maximum Gasteiger partial charge on any atom is 0.335 e. The van der Waals surface area contributed by atoms with Crippen LogP contribution in [0.5, 0.6) is 5.75 Å². The van der Waals surface area contributed by atoms with Crippen molar-refractivity contribution in [2.75, 3.05) is 12.0 Å². The molecule has 7 nitrogen and oxygen atoms in total. The quantitative estimate of drug-likeness (QED) is 0.472. The number of hydrogen-bond acceptors (Lipinski definition) is 4. The Morgan fingerprint density at radius 1 is 0.969 bits per heavy atom. The Hall–Kier alpha value is -3.84. The second-order valence-corrected chi connectivity index (χ2v) is 7.68. The third-order valence-electron chi connectivity index (χ3n) is 5.28. The van der Waals surface area contributed by atoms with Gasteiger partial charge in [-0.2, -0.15) is 0 Å². The van der Waals surface area contributed by atoms with Gasteiger partial charge in [-0.15, -0.1) is 0 Å². The number of rotatable bonds is 4. The SMILES string of the molecule is COc1ccc(-n2c(C)cc(/C=C3\C(=O)NC(=O)N(c4ccccc4)C3=O)c2C)cc1Cl. The van der Waals surface area contributed by atoms with Crippen molar-refractivity contribution in [2.24, 2.45) is 0 Å². The van der Waals surface area contributed by atoms with E-state index < -0.39 is 17.8 Å². The van der Waals surface area contributed by atoms with Gasteiger partial charge in [0.2, 0.25) is 0 Å². The van der Waals surface area contributed by atoms with E-state index in [0.717, 1.165) is 22.0 Å². The highest BCUT2D eigenvalue weighted by Gasteiger charge is 2.36. The number of nitrogens with one attached hydrogen (secondary N) is 1. The van der Waals surface area contributed by atoms with E-state index in [1.54, 1.807) is 49.6 Å². The lowest BCUT2D eigenvalue weighted by Gasteiger charge is -2.26.